The fourth-order valence-corrected chi connectivity index (χ4v) is 7.44. The molecule has 9 nitrogen and oxygen atoms in total. The molecule has 31 heavy (non-hydrogen) atoms. The van der Waals surface area contributed by atoms with E-state index in [9.17, 15) is 21.6 Å². The number of sulfone groups is 1. The Labute approximate surface area is 182 Å². The number of nitrogens with zero attached hydrogens (tertiary/aromatic N) is 3. The van der Waals surface area contributed by atoms with Crippen molar-refractivity contribution in [2.75, 3.05) is 29.9 Å². The average molecular weight is 467 g/mol. The van der Waals surface area contributed by atoms with Crippen LogP contribution in [0.3, 0.4) is 0 Å². The Kier molecular flexibility index (Phi) is 5.93. The molecule has 0 saturated carbocycles. The Hall–Kier alpha value is -2.24. The molecule has 4 rings (SSSR count). The zero-order valence-electron chi connectivity index (χ0n) is 17.3. The summed E-state index contributed by atoms with van der Waals surface area (Å²) in [7, 11) is -6.76. The van der Waals surface area contributed by atoms with Crippen molar-refractivity contribution < 1.29 is 21.6 Å². The van der Waals surface area contributed by atoms with Crippen molar-refractivity contribution in [2.24, 2.45) is 5.92 Å². The van der Waals surface area contributed by atoms with Gasteiger partial charge in [-0.25, -0.2) is 21.5 Å². The number of aryl methyl sites for hydroxylation is 1. The number of carbonyl (C=O) groups is 1. The van der Waals surface area contributed by atoms with Crippen molar-refractivity contribution in [1.82, 2.24) is 14.1 Å². The van der Waals surface area contributed by atoms with Crippen LogP contribution in [0.2, 0.25) is 0 Å². The summed E-state index contributed by atoms with van der Waals surface area (Å²) in [5.74, 6) is -0.214. The van der Waals surface area contributed by atoms with Crippen LogP contribution in [0.5, 0.6) is 0 Å². The van der Waals surface area contributed by atoms with E-state index in [1.807, 2.05) is 0 Å². The molecule has 2 saturated heterocycles. The number of piperidine rings is 1. The number of aromatic nitrogens is 2. The SMILES string of the molecule is Cc1cc(NC(=O)C2CCCN(S(=O)(=O)c3ccccc3)C2)n(C2CCS(=O)(=O)C2)n1. The minimum absolute atomic E-state index is 0.00349. The van der Waals surface area contributed by atoms with Crippen LogP contribution in [0.15, 0.2) is 41.3 Å². The van der Waals surface area contributed by atoms with Crippen molar-refractivity contribution in [3.05, 3.63) is 42.1 Å². The van der Waals surface area contributed by atoms with Gasteiger partial charge in [0.1, 0.15) is 5.82 Å². The minimum atomic E-state index is -3.66. The second kappa shape index (κ2) is 8.36. The number of hydrogen-bond donors (Lipinski definition) is 1. The van der Waals surface area contributed by atoms with Crippen molar-refractivity contribution in [2.45, 2.75) is 37.1 Å². The summed E-state index contributed by atoms with van der Waals surface area (Å²) in [6.45, 7) is 2.26. The standard InChI is InChI=1S/C20H26N4O5S2/c1-15-12-19(24(22-15)17-9-11-30(26,27)14-17)21-20(25)16-6-5-10-23(13-16)31(28,29)18-7-3-2-4-8-18/h2-4,7-8,12,16-17H,5-6,9-11,13-14H2,1H3,(H,21,25). The highest BCUT2D eigenvalue weighted by molar-refractivity contribution is 7.91. The van der Waals surface area contributed by atoms with Crippen LogP contribution in [-0.4, -0.2) is 61.4 Å². The van der Waals surface area contributed by atoms with E-state index in [2.05, 4.69) is 10.4 Å². The van der Waals surface area contributed by atoms with Crippen molar-refractivity contribution in [3.63, 3.8) is 0 Å². The molecule has 3 heterocycles. The predicted molar refractivity (Wildman–Crippen MR) is 116 cm³/mol. The molecular formula is C20H26N4O5S2. The first-order valence-corrected chi connectivity index (χ1v) is 13.5. The molecule has 1 N–H and O–H groups in total. The first-order valence-electron chi connectivity index (χ1n) is 10.3. The molecule has 0 spiro atoms. The van der Waals surface area contributed by atoms with Crippen LogP contribution >= 0.6 is 0 Å². The fraction of sp³-hybridized carbons (Fsp3) is 0.500. The zero-order valence-corrected chi connectivity index (χ0v) is 18.9. The molecule has 2 aliphatic rings. The number of sulfonamides is 1. The maximum absolute atomic E-state index is 13.0. The Bertz CT molecular complexity index is 1180. The lowest BCUT2D eigenvalue weighted by Gasteiger charge is -2.31. The molecule has 1 aromatic carbocycles. The third-order valence-electron chi connectivity index (χ3n) is 5.80. The van der Waals surface area contributed by atoms with Gasteiger partial charge >= 0.3 is 0 Å². The van der Waals surface area contributed by atoms with Crippen molar-refractivity contribution in [1.29, 1.82) is 0 Å². The largest absolute Gasteiger partial charge is 0.311 e. The van der Waals surface area contributed by atoms with Crippen LogP contribution in [0.25, 0.3) is 0 Å². The maximum Gasteiger partial charge on any atom is 0.243 e. The van der Waals surface area contributed by atoms with E-state index in [0.29, 0.717) is 37.3 Å². The monoisotopic (exact) mass is 466 g/mol. The summed E-state index contributed by atoms with van der Waals surface area (Å²) >= 11 is 0. The first kappa shape index (κ1) is 22.0. The number of benzene rings is 1. The summed E-state index contributed by atoms with van der Waals surface area (Å²) in [6.07, 6.45) is 1.62. The van der Waals surface area contributed by atoms with Gasteiger partial charge in [-0.3, -0.25) is 4.79 Å². The van der Waals surface area contributed by atoms with E-state index in [-0.39, 0.29) is 34.9 Å². The van der Waals surface area contributed by atoms with E-state index in [4.69, 9.17) is 0 Å². The molecular weight excluding hydrogens is 440 g/mol. The predicted octanol–water partition coefficient (Wildman–Crippen LogP) is 1.59. The zero-order chi connectivity index (χ0) is 22.2. The van der Waals surface area contributed by atoms with Gasteiger partial charge in [0.05, 0.1) is 34.1 Å². The van der Waals surface area contributed by atoms with Gasteiger partial charge in [-0.1, -0.05) is 18.2 Å². The summed E-state index contributed by atoms with van der Waals surface area (Å²) in [4.78, 5) is 13.2. The summed E-state index contributed by atoms with van der Waals surface area (Å²) < 4.78 is 52.5. The molecule has 11 heteroatoms. The average Bonchev–Trinajstić information content (AvgIpc) is 3.29. The Morgan fingerprint density at radius 3 is 2.61 bits per heavy atom. The number of anilines is 1. The Balaban J connectivity index is 1.49. The van der Waals surface area contributed by atoms with Gasteiger partial charge in [0.15, 0.2) is 9.84 Å². The molecule has 2 unspecified atom stereocenters. The van der Waals surface area contributed by atoms with Gasteiger partial charge in [0, 0.05) is 19.2 Å². The fourth-order valence-electron chi connectivity index (χ4n) is 4.20. The van der Waals surface area contributed by atoms with E-state index in [1.54, 1.807) is 48.0 Å². The van der Waals surface area contributed by atoms with Gasteiger partial charge < -0.3 is 5.32 Å². The van der Waals surface area contributed by atoms with Gasteiger partial charge in [-0.05, 0) is 38.3 Å². The van der Waals surface area contributed by atoms with Crippen LogP contribution in [-0.2, 0) is 24.7 Å². The molecule has 2 fully saturated rings. The normalized spacial score (nSPS) is 24.2. The topological polar surface area (TPSA) is 118 Å². The second-order valence-corrected chi connectivity index (χ2v) is 12.3. The van der Waals surface area contributed by atoms with E-state index >= 15 is 0 Å². The highest BCUT2D eigenvalue weighted by Gasteiger charge is 2.35. The summed E-state index contributed by atoms with van der Waals surface area (Å²) in [5, 5.41) is 7.24. The van der Waals surface area contributed by atoms with Crippen LogP contribution < -0.4 is 5.32 Å². The third-order valence-corrected chi connectivity index (χ3v) is 9.43. The lowest BCUT2D eigenvalue weighted by Crippen LogP contribution is -2.43. The quantitative estimate of drug-likeness (QED) is 0.715. The van der Waals surface area contributed by atoms with Crippen LogP contribution in [0.4, 0.5) is 5.82 Å². The van der Waals surface area contributed by atoms with E-state index in [1.165, 1.54) is 4.31 Å². The molecule has 0 radical (unpaired) electrons. The number of hydrogen-bond acceptors (Lipinski definition) is 6. The molecule has 168 valence electrons. The van der Waals surface area contributed by atoms with E-state index in [0.717, 1.165) is 0 Å². The van der Waals surface area contributed by atoms with Crippen LogP contribution in [0, 0.1) is 12.8 Å². The number of rotatable bonds is 5. The molecule has 0 aliphatic carbocycles. The second-order valence-electron chi connectivity index (χ2n) is 8.18. The lowest BCUT2D eigenvalue weighted by atomic mass is 9.99. The highest BCUT2D eigenvalue weighted by atomic mass is 32.2. The van der Waals surface area contributed by atoms with Crippen molar-refractivity contribution >= 4 is 31.6 Å². The molecule has 0 bridgehead atoms. The third kappa shape index (κ3) is 4.68. The number of carbonyl (C=O) groups excluding carboxylic acids is 1. The Morgan fingerprint density at radius 2 is 1.94 bits per heavy atom. The van der Waals surface area contributed by atoms with Gasteiger partial charge in [0.2, 0.25) is 15.9 Å². The molecule has 2 aromatic rings. The highest BCUT2D eigenvalue weighted by Crippen LogP contribution is 2.29. The van der Waals surface area contributed by atoms with Crippen LogP contribution in [0.1, 0.15) is 31.0 Å². The van der Waals surface area contributed by atoms with Crippen molar-refractivity contribution in [3.8, 4) is 0 Å². The molecule has 1 amide bonds. The first-order chi connectivity index (χ1) is 14.7. The molecule has 1 aromatic heterocycles. The van der Waals surface area contributed by atoms with Gasteiger partial charge in [0.25, 0.3) is 0 Å². The summed E-state index contributed by atoms with van der Waals surface area (Å²) in [6, 6.07) is 9.61. The van der Waals surface area contributed by atoms with Gasteiger partial charge in [-0.2, -0.15) is 9.40 Å². The molecule has 2 aliphatic heterocycles. The maximum atomic E-state index is 13.0. The lowest BCUT2D eigenvalue weighted by molar-refractivity contribution is -0.120. The molecule has 2 atom stereocenters. The number of amides is 1. The summed E-state index contributed by atoms with van der Waals surface area (Å²) in [5.41, 5.74) is 0.677. The number of nitrogens with one attached hydrogen (secondary N) is 1. The smallest absolute Gasteiger partial charge is 0.243 e. The van der Waals surface area contributed by atoms with Gasteiger partial charge in [-0.15, -0.1) is 0 Å². The minimum Gasteiger partial charge on any atom is -0.311 e. The Morgan fingerprint density at radius 1 is 1.19 bits per heavy atom. The van der Waals surface area contributed by atoms with E-state index < -0.39 is 25.8 Å².